The molecule has 58 valence electrons. The number of nitro groups is 1. The first-order valence-electron chi connectivity index (χ1n) is 2.75. The topological polar surface area (TPSA) is 56.3 Å². The van der Waals surface area contributed by atoms with Crippen molar-refractivity contribution in [2.24, 2.45) is 0 Å². The fourth-order valence-corrected chi connectivity index (χ4v) is 0.935. The fraction of sp³-hybridized carbons (Fsp3) is 0. The van der Waals surface area contributed by atoms with E-state index in [0.29, 0.717) is 10.2 Å². The van der Waals surface area contributed by atoms with Crippen molar-refractivity contribution in [2.75, 3.05) is 0 Å². The zero-order valence-corrected chi connectivity index (χ0v) is 6.95. The average molecular weight is 218 g/mol. The average Bonchev–Trinajstić information content (AvgIpc) is 2.31. The molecule has 1 aromatic heterocycles. The van der Waals surface area contributed by atoms with E-state index in [1.54, 1.807) is 6.07 Å². The molecule has 0 atom stereocenters. The second-order valence-electron chi connectivity index (χ2n) is 1.75. The van der Waals surface area contributed by atoms with Crippen LogP contribution in [-0.4, -0.2) is 4.92 Å². The van der Waals surface area contributed by atoms with Gasteiger partial charge in [-0.25, -0.2) is 0 Å². The van der Waals surface area contributed by atoms with Gasteiger partial charge in [0, 0.05) is 11.6 Å². The number of furan rings is 1. The molecule has 0 amide bonds. The molecule has 0 fully saturated rings. The van der Waals surface area contributed by atoms with Gasteiger partial charge >= 0.3 is 0 Å². The molecule has 1 heterocycles. The van der Waals surface area contributed by atoms with E-state index in [4.69, 9.17) is 4.42 Å². The summed E-state index contributed by atoms with van der Waals surface area (Å²) in [6, 6.07) is 1.63. The van der Waals surface area contributed by atoms with E-state index in [9.17, 15) is 10.1 Å². The van der Waals surface area contributed by atoms with Crippen molar-refractivity contribution in [3.63, 3.8) is 0 Å². The van der Waals surface area contributed by atoms with Crippen molar-refractivity contribution in [2.45, 2.75) is 0 Å². The Morgan fingerprint density at radius 2 is 2.45 bits per heavy atom. The van der Waals surface area contributed by atoms with Gasteiger partial charge in [-0.2, -0.15) is 0 Å². The number of nitrogens with zero attached hydrogens (tertiary/aromatic N) is 1. The molecular weight excluding hydrogens is 214 g/mol. The fourth-order valence-electron chi connectivity index (χ4n) is 0.563. The summed E-state index contributed by atoms with van der Waals surface area (Å²) in [6.45, 7) is 0. The standard InChI is InChI=1S/C6H4BrNO3/c7-6-5(2-4-11-6)1-3-8(9)10/h1-4H. The van der Waals surface area contributed by atoms with E-state index < -0.39 is 4.92 Å². The molecule has 0 unspecified atom stereocenters. The lowest BCUT2D eigenvalue weighted by molar-refractivity contribution is -0.400. The molecule has 0 N–H and O–H groups in total. The van der Waals surface area contributed by atoms with Crippen molar-refractivity contribution < 1.29 is 9.34 Å². The summed E-state index contributed by atoms with van der Waals surface area (Å²) < 4.78 is 5.34. The minimum atomic E-state index is -0.528. The molecule has 0 spiro atoms. The van der Waals surface area contributed by atoms with E-state index in [1.807, 2.05) is 0 Å². The second-order valence-corrected chi connectivity index (χ2v) is 2.47. The Kier molecular flexibility index (Phi) is 2.43. The van der Waals surface area contributed by atoms with E-state index in [1.165, 1.54) is 12.3 Å². The third kappa shape index (κ3) is 2.19. The Morgan fingerprint density at radius 1 is 1.73 bits per heavy atom. The van der Waals surface area contributed by atoms with Crippen LogP contribution in [0.25, 0.3) is 6.08 Å². The van der Waals surface area contributed by atoms with Gasteiger partial charge in [-0.1, -0.05) is 0 Å². The highest BCUT2D eigenvalue weighted by Gasteiger charge is 1.98. The van der Waals surface area contributed by atoms with Crippen LogP contribution in [0.1, 0.15) is 5.56 Å². The number of halogens is 1. The van der Waals surface area contributed by atoms with Crippen LogP contribution < -0.4 is 0 Å². The molecule has 0 bridgehead atoms. The second kappa shape index (κ2) is 3.34. The van der Waals surface area contributed by atoms with E-state index >= 15 is 0 Å². The van der Waals surface area contributed by atoms with E-state index in [0.717, 1.165) is 6.20 Å². The highest BCUT2D eigenvalue weighted by molar-refractivity contribution is 9.10. The molecule has 0 aromatic carbocycles. The van der Waals surface area contributed by atoms with Crippen LogP contribution in [0, 0.1) is 10.1 Å². The van der Waals surface area contributed by atoms with Crippen LogP contribution in [0.3, 0.4) is 0 Å². The SMILES string of the molecule is O=[N+]([O-])C=Cc1ccoc1Br. The van der Waals surface area contributed by atoms with Gasteiger partial charge in [-0.15, -0.1) is 0 Å². The Morgan fingerprint density at radius 3 is 2.91 bits per heavy atom. The molecule has 11 heavy (non-hydrogen) atoms. The first-order chi connectivity index (χ1) is 5.20. The molecule has 1 aromatic rings. The third-order valence-electron chi connectivity index (χ3n) is 1.02. The molecule has 0 aliphatic heterocycles. The lowest BCUT2D eigenvalue weighted by Crippen LogP contribution is -1.81. The van der Waals surface area contributed by atoms with Gasteiger partial charge < -0.3 is 4.42 Å². The number of rotatable bonds is 2. The molecule has 5 heteroatoms. The van der Waals surface area contributed by atoms with Crippen LogP contribution >= 0.6 is 15.9 Å². The third-order valence-corrected chi connectivity index (χ3v) is 1.67. The Labute approximate surface area is 70.8 Å². The van der Waals surface area contributed by atoms with E-state index in [-0.39, 0.29) is 0 Å². The normalized spacial score (nSPS) is 10.6. The minimum absolute atomic E-state index is 0.496. The number of hydrogen-bond donors (Lipinski definition) is 0. The first-order valence-corrected chi connectivity index (χ1v) is 3.54. The maximum Gasteiger partial charge on any atom is 0.235 e. The maximum atomic E-state index is 9.88. The van der Waals surface area contributed by atoms with Crippen molar-refractivity contribution in [3.8, 4) is 0 Å². The molecule has 1 rings (SSSR count). The molecule has 0 radical (unpaired) electrons. The van der Waals surface area contributed by atoms with Crippen molar-refractivity contribution in [3.05, 3.63) is 38.9 Å². The maximum absolute atomic E-state index is 9.88. The predicted molar refractivity (Wildman–Crippen MR) is 42.4 cm³/mol. The summed E-state index contributed by atoms with van der Waals surface area (Å²) >= 11 is 3.08. The van der Waals surface area contributed by atoms with Crippen molar-refractivity contribution in [1.29, 1.82) is 0 Å². The van der Waals surface area contributed by atoms with Gasteiger partial charge in [0.1, 0.15) is 0 Å². The molecule has 0 aliphatic rings. The van der Waals surface area contributed by atoms with E-state index in [2.05, 4.69) is 15.9 Å². The lowest BCUT2D eigenvalue weighted by Gasteiger charge is -1.81. The van der Waals surface area contributed by atoms with Crippen LogP contribution in [-0.2, 0) is 0 Å². The highest BCUT2D eigenvalue weighted by Crippen LogP contribution is 2.18. The lowest BCUT2D eigenvalue weighted by atomic mass is 10.3. The smallest absolute Gasteiger partial charge is 0.235 e. The quantitative estimate of drug-likeness (QED) is 0.565. The van der Waals surface area contributed by atoms with Crippen LogP contribution in [0.4, 0.5) is 0 Å². The van der Waals surface area contributed by atoms with Crippen LogP contribution in [0.2, 0.25) is 0 Å². The zero-order valence-electron chi connectivity index (χ0n) is 5.36. The summed E-state index contributed by atoms with van der Waals surface area (Å²) in [7, 11) is 0. The van der Waals surface area contributed by atoms with Crippen LogP contribution in [0.5, 0.6) is 0 Å². The van der Waals surface area contributed by atoms with Crippen molar-refractivity contribution >= 4 is 22.0 Å². The summed E-state index contributed by atoms with van der Waals surface area (Å²) in [6.07, 6.45) is 3.66. The van der Waals surface area contributed by atoms with Crippen LogP contribution in [0.15, 0.2) is 27.6 Å². The Balaban J connectivity index is 2.79. The van der Waals surface area contributed by atoms with Gasteiger partial charge in [0.05, 0.1) is 11.2 Å². The van der Waals surface area contributed by atoms with Gasteiger partial charge in [0.15, 0.2) is 4.67 Å². The monoisotopic (exact) mass is 217 g/mol. The Bertz CT molecular complexity index is 292. The molecule has 4 nitrogen and oxygen atoms in total. The molecule has 0 saturated heterocycles. The first kappa shape index (κ1) is 8.00. The van der Waals surface area contributed by atoms with Crippen molar-refractivity contribution in [1.82, 2.24) is 0 Å². The van der Waals surface area contributed by atoms with Gasteiger partial charge in [0.2, 0.25) is 6.20 Å². The number of hydrogen-bond acceptors (Lipinski definition) is 3. The summed E-state index contributed by atoms with van der Waals surface area (Å²) in [5, 5.41) is 9.88. The van der Waals surface area contributed by atoms with Gasteiger partial charge in [-0.05, 0) is 22.0 Å². The Hall–Kier alpha value is -1.10. The molecule has 0 saturated carbocycles. The van der Waals surface area contributed by atoms with Gasteiger partial charge in [0.25, 0.3) is 0 Å². The minimum Gasteiger partial charge on any atom is -0.457 e. The van der Waals surface area contributed by atoms with Gasteiger partial charge in [-0.3, -0.25) is 10.1 Å². The molecular formula is C6H4BrNO3. The summed E-state index contributed by atoms with van der Waals surface area (Å²) in [5.41, 5.74) is 0.654. The zero-order chi connectivity index (χ0) is 8.27. The highest BCUT2D eigenvalue weighted by atomic mass is 79.9. The predicted octanol–water partition coefficient (Wildman–Crippen LogP) is 2.29. The summed E-state index contributed by atoms with van der Waals surface area (Å²) in [5.74, 6) is 0. The summed E-state index contributed by atoms with van der Waals surface area (Å²) in [4.78, 5) is 9.35. The molecule has 0 aliphatic carbocycles. The largest absolute Gasteiger partial charge is 0.457 e.